The van der Waals surface area contributed by atoms with Crippen LogP contribution in [0.15, 0.2) is 41.1 Å². The molecular weight excluding hydrogens is 226 g/mol. The predicted octanol–water partition coefficient (Wildman–Crippen LogP) is 2.16. The zero-order valence-electron chi connectivity index (χ0n) is 11.1. The van der Waals surface area contributed by atoms with Crippen molar-refractivity contribution in [1.82, 2.24) is 4.90 Å². The highest BCUT2D eigenvalue weighted by atomic mass is 16.2. The second kappa shape index (κ2) is 4.64. The largest absolute Gasteiger partial charge is 0.383 e. The van der Waals surface area contributed by atoms with Gasteiger partial charge in [0, 0.05) is 20.3 Å². The van der Waals surface area contributed by atoms with Crippen LogP contribution in [0.3, 0.4) is 0 Å². The average molecular weight is 243 g/mol. The van der Waals surface area contributed by atoms with Gasteiger partial charge in [-0.05, 0) is 26.0 Å². The predicted molar refractivity (Wildman–Crippen MR) is 73.5 cm³/mol. The van der Waals surface area contributed by atoms with Crippen molar-refractivity contribution in [2.24, 2.45) is 5.10 Å². The Morgan fingerprint density at radius 2 is 1.78 bits per heavy atom. The van der Waals surface area contributed by atoms with Crippen LogP contribution in [-0.4, -0.2) is 30.6 Å². The van der Waals surface area contributed by atoms with Gasteiger partial charge in [0.15, 0.2) is 0 Å². The van der Waals surface area contributed by atoms with Gasteiger partial charge in [-0.25, -0.2) is 0 Å². The van der Waals surface area contributed by atoms with Gasteiger partial charge in [0.05, 0.1) is 17.0 Å². The number of carbonyl (C=O) groups excluding carboxylic acids is 1. The summed E-state index contributed by atoms with van der Waals surface area (Å²) in [4.78, 5) is 14.1. The van der Waals surface area contributed by atoms with Crippen molar-refractivity contribution in [3.05, 3.63) is 41.6 Å². The van der Waals surface area contributed by atoms with Crippen molar-refractivity contribution in [3.63, 3.8) is 0 Å². The van der Waals surface area contributed by atoms with E-state index in [0.29, 0.717) is 5.57 Å². The summed E-state index contributed by atoms with van der Waals surface area (Å²) < 4.78 is 0. The van der Waals surface area contributed by atoms with Crippen LogP contribution in [-0.2, 0) is 4.79 Å². The highest BCUT2D eigenvalue weighted by Gasteiger charge is 2.28. The minimum absolute atomic E-state index is 0.0787. The first-order valence-corrected chi connectivity index (χ1v) is 5.84. The van der Waals surface area contributed by atoms with Crippen molar-refractivity contribution in [1.29, 1.82) is 0 Å². The number of anilines is 1. The maximum atomic E-state index is 12.3. The van der Waals surface area contributed by atoms with E-state index in [0.717, 1.165) is 17.0 Å². The number of aryl methyl sites for hydroxylation is 1. The second-order valence-corrected chi connectivity index (χ2v) is 4.64. The van der Waals surface area contributed by atoms with Gasteiger partial charge in [0.25, 0.3) is 5.91 Å². The minimum atomic E-state index is -0.0787. The Bertz CT molecular complexity index is 526. The zero-order valence-corrected chi connectivity index (χ0v) is 11.1. The summed E-state index contributed by atoms with van der Waals surface area (Å²) in [6.07, 6.45) is 1.80. The van der Waals surface area contributed by atoms with E-state index < -0.39 is 0 Å². The van der Waals surface area contributed by atoms with Gasteiger partial charge in [0.1, 0.15) is 0 Å². The molecule has 1 aliphatic heterocycles. The molecule has 1 aliphatic rings. The standard InChI is InChI=1S/C14H17N3O/c1-10-5-7-12(8-6-10)17-14(18)13(9-16(3)4)11(2)15-17/h5-9H,1-4H3/b13-9+. The Morgan fingerprint density at radius 3 is 2.33 bits per heavy atom. The quantitative estimate of drug-likeness (QED) is 0.746. The fraction of sp³-hybridized carbons (Fsp3) is 0.286. The summed E-state index contributed by atoms with van der Waals surface area (Å²) in [5.74, 6) is -0.0787. The molecular formula is C14H17N3O. The average Bonchev–Trinajstić information content (AvgIpc) is 2.58. The second-order valence-electron chi connectivity index (χ2n) is 4.64. The molecule has 0 bridgehead atoms. The molecule has 0 unspecified atom stereocenters. The maximum absolute atomic E-state index is 12.3. The summed E-state index contributed by atoms with van der Waals surface area (Å²) in [6, 6.07) is 7.76. The third kappa shape index (κ3) is 2.27. The first-order chi connectivity index (χ1) is 8.49. The highest BCUT2D eigenvalue weighted by molar-refractivity contribution is 6.29. The normalized spacial score (nSPS) is 17.3. The molecule has 2 rings (SSSR count). The number of rotatable bonds is 2. The molecule has 0 saturated carbocycles. The van der Waals surface area contributed by atoms with Gasteiger partial charge in [-0.1, -0.05) is 17.7 Å². The lowest BCUT2D eigenvalue weighted by molar-refractivity contribution is -0.114. The van der Waals surface area contributed by atoms with Crippen molar-refractivity contribution in [3.8, 4) is 0 Å². The molecule has 0 radical (unpaired) electrons. The van der Waals surface area contributed by atoms with Crippen LogP contribution in [0.5, 0.6) is 0 Å². The first-order valence-electron chi connectivity index (χ1n) is 5.84. The molecule has 1 aromatic carbocycles. The molecule has 18 heavy (non-hydrogen) atoms. The SMILES string of the molecule is CC1=NN(c2ccc(C)cc2)C(=O)/C1=C/N(C)C. The van der Waals surface area contributed by atoms with E-state index in [9.17, 15) is 4.79 Å². The lowest BCUT2D eigenvalue weighted by Gasteiger charge is -2.12. The smallest absolute Gasteiger partial charge is 0.282 e. The van der Waals surface area contributed by atoms with Gasteiger partial charge in [-0.3, -0.25) is 4.79 Å². The van der Waals surface area contributed by atoms with Crippen LogP contribution in [0, 0.1) is 6.92 Å². The Labute approximate surface area is 107 Å². The van der Waals surface area contributed by atoms with Gasteiger partial charge in [0.2, 0.25) is 0 Å². The van der Waals surface area contributed by atoms with E-state index in [1.54, 1.807) is 6.20 Å². The van der Waals surface area contributed by atoms with Crippen LogP contribution in [0.2, 0.25) is 0 Å². The lowest BCUT2D eigenvalue weighted by Crippen LogP contribution is -2.22. The molecule has 0 aromatic heterocycles. The molecule has 0 fully saturated rings. The van der Waals surface area contributed by atoms with Crippen LogP contribution in [0.1, 0.15) is 12.5 Å². The number of carbonyl (C=O) groups is 1. The third-order valence-electron chi connectivity index (χ3n) is 2.73. The van der Waals surface area contributed by atoms with Crippen LogP contribution in [0.4, 0.5) is 5.69 Å². The zero-order chi connectivity index (χ0) is 13.3. The van der Waals surface area contributed by atoms with E-state index in [1.165, 1.54) is 5.01 Å². The fourth-order valence-corrected chi connectivity index (χ4v) is 1.79. The highest BCUT2D eigenvalue weighted by Crippen LogP contribution is 2.23. The molecule has 0 saturated heterocycles. The van der Waals surface area contributed by atoms with Crippen molar-refractivity contribution in [2.75, 3.05) is 19.1 Å². The van der Waals surface area contributed by atoms with Crippen LogP contribution >= 0.6 is 0 Å². The molecule has 1 heterocycles. The minimum Gasteiger partial charge on any atom is -0.383 e. The number of hydrogen-bond acceptors (Lipinski definition) is 3. The summed E-state index contributed by atoms with van der Waals surface area (Å²) in [5.41, 5.74) is 3.34. The van der Waals surface area contributed by atoms with Gasteiger partial charge in [-0.2, -0.15) is 10.1 Å². The molecule has 0 spiro atoms. The summed E-state index contributed by atoms with van der Waals surface area (Å²) in [7, 11) is 3.78. The van der Waals surface area contributed by atoms with E-state index in [2.05, 4.69) is 5.10 Å². The molecule has 0 atom stereocenters. The van der Waals surface area contributed by atoms with Crippen molar-refractivity contribution < 1.29 is 4.79 Å². The van der Waals surface area contributed by atoms with Crippen molar-refractivity contribution in [2.45, 2.75) is 13.8 Å². The Balaban J connectivity index is 2.33. The van der Waals surface area contributed by atoms with Crippen LogP contribution < -0.4 is 5.01 Å². The number of benzene rings is 1. The Kier molecular flexibility index (Phi) is 3.19. The Morgan fingerprint density at radius 1 is 1.17 bits per heavy atom. The van der Waals surface area contributed by atoms with Gasteiger partial charge >= 0.3 is 0 Å². The number of amides is 1. The lowest BCUT2D eigenvalue weighted by atomic mass is 10.2. The van der Waals surface area contributed by atoms with Gasteiger partial charge in [-0.15, -0.1) is 0 Å². The first kappa shape index (κ1) is 12.4. The molecule has 0 aliphatic carbocycles. The summed E-state index contributed by atoms with van der Waals surface area (Å²) >= 11 is 0. The van der Waals surface area contributed by atoms with Crippen LogP contribution in [0.25, 0.3) is 0 Å². The molecule has 94 valence electrons. The van der Waals surface area contributed by atoms with Gasteiger partial charge < -0.3 is 4.90 Å². The number of nitrogens with zero attached hydrogens (tertiary/aromatic N) is 3. The maximum Gasteiger partial charge on any atom is 0.282 e. The molecule has 1 amide bonds. The number of hydrogen-bond donors (Lipinski definition) is 0. The van der Waals surface area contributed by atoms with E-state index in [-0.39, 0.29) is 5.91 Å². The molecule has 1 aromatic rings. The fourth-order valence-electron chi connectivity index (χ4n) is 1.79. The topological polar surface area (TPSA) is 35.9 Å². The third-order valence-corrected chi connectivity index (χ3v) is 2.73. The molecule has 0 N–H and O–H groups in total. The molecule has 4 heteroatoms. The monoisotopic (exact) mass is 243 g/mol. The summed E-state index contributed by atoms with van der Waals surface area (Å²) in [6.45, 7) is 3.86. The van der Waals surface area contributed by atoms with E-state index >= 15 is 0 Å². The molecule has 4 nitrogen and oxygen atoms in total. The number of hydrazone groups is 1. The van der Waals surface area contributed by atoms with Crippen molar-refractivity contribution >= 4 is 17.3 Å². The summed E-state index contributed by atoms with van der Waals surface area (Å²) in [5, 5.41) is 5.76. The Hall–Kier alpha value is -2.10. The van der Waals surface area contributed by atoms with E-state index in [1.807, 2.05) is 57.1 Å². The van der Waals surface area contributed by atoms with E-state index in [4.69, 9.17) is 0 Å².